The average molecular weight is 447 g/mol. The minimum absolute atomic E-state index is 0.119. The first-order chi connectivity index (χ1) is 14.6. The Morgan fingerprint density at radius 2 is 1.97 bits per heavy atom. The molecule has 0 fully saturated rings. The van der Waals surface area contributed by atoms with Crippen LogP contribution in [-0.2, 0) is 22.8 Å². The summed E-state index contributed by atoms with van der Waals surface area (Å²) in [5.74, 6) is 2.89. The van der Waals surface area contributed by atoms with Crippen LogP contribution in [0.15, 0.2) is 53.7 Å². The quantitative estimate of drug-likeness (QED) is 0.459. The molecule has 0 radical (unpaired) electrons. The van der Waals surface area contributed by atoms with Crippen molar-refractivity contribution in [2.45, 2.75) is 30.1 Å². The van der Waals surface area contributed by atoms with Crippen molar-refractivity contribution in [3.05, 3.63) is 65.7 Å². The van der Waals surface area contributed by atoms with Crippen molar-refractivity contribution in [2.24, 2.45) is 0 Å². The predicted molar refractivity (Wildman–Crippen MR) is 119 cm³/mol. The Balaban J connectivity index is 1.51. The monoisotopic (exact) mass is 446 g/mol. The molecule has 9 heteroatoms. The van der Waals surface area contributed by atoms with Gasteiger partial charge in [0.05, 0.1) is 18.6 Å². The number of ether oxygens (including phenoxy) is 1. The molecule has 1 amide bonds. The standard InChI is InChI=1S/C21H23FN4O2S2/c1-3-26-19(13-29-12-15-7-9-16(22)10-8-15)24-25-21(26)30-14-20(27)23-17-5-4-6-18(11-17)28-2/h4-11H,3,12-14H2,1-2H3,(H,23,27). The number of hydrogen-bond acceptors (Lipinski definition) is 6. The second-order valence-electron chi connectivity index (χ2n) is 6.33. The van der Waals surface area contributed by atoms with Gasteiger partial charge in [0.25, 0.3) is 0 Å². The molecule has 0 bridgehead atoms. The Bertz CT molecular complexity index is 979. The second-order valence-corrected chi connectivity index (χ2v) is 8.26. The maximum atomic E-state index is 13.0. The summed E-state index contributed by atoms with van der Waals surface area (Å²) in [5, 5.41) is 12.1. The maximum Gasteiger partial charge on any atom is 0.234 e. The Kier molecular flexibility index (Phi) is 8.15. The zero-order chi connectivity index (χ0) is 21.3. The van der Waals surface area contributed by atoms with Gasteiger partial charge >= 0.3 is 0 Å². The number of aromatic nitrogens is 3. The molecule has 0 aliphatic rings. The van der Waals surface area contributed by atoms with Gasteiger partial charge in [-0.15, -0.1) is 22.0 Å². The second kappa shape index (κ2) is 11.0. The number of carbonyl (C=O) groups is 1. The van der Waals surface area contributed by atoms with Gasteiger partial charge in [-0.3, -0.25) is 4.79 Å². The van der Waals surface area contributed by atoms with E-state index in [1.165, 1.54) is 23.9 Å². The molecule has 0 aliphatic heterocycles. The largest absolute Gasteiger partial charge is 0.497 e. The van der Waals surface area contributed by atoms with Crippen LogP contribution in [0.5, 0.6) is 5.75 Å². The molecule has 0 spiro atoms. The highest BCUT2D eigenvalue weighted by molar-refractivity contribution is 7.99. The first kappa shape index (κ1) is 22.2. The summed E-state index contributed by atoms with van der Waals surface area (Å²) in [6, 6.07) is 13.7. The molecule has 3 aromatic rings. The number of methoxy groups -OCH3 is 1. The number of halogens is 1. The summed E-state index contributed by atoms with van der Waals surface area (Å²) in [6.45, 7) is 2.75. The number of carbonyl (C=O) groups excluding carboxylic acids is 1. The molecule has 0 atom stereocenters. The van der Waals surface area contributed by atoms with Gasteiger partial charge in [0, 0.05) is 24.1 Å². The smallest absolute Gasteiger partial charge is 0.234 e. The summed E-state index contributed by atoms with van der Waals surface area (Å²) >= 11 is 3.05. The normalized spacial score (nSPS) is 10.8. The van der Waals surface area contributed by atoms with Gasteiger partial charge in [0.15, 0.2) is 5.16 Å². The Hall–Kier alpha value is -2.52. The van der Waals surface area contributed by atoms with Crippen molar-refractivity contribution in [1.29, 1.82) is 0 Å². The van der Waals surface area contributed by atoms with Crippen LogP contribution in [0.4, 0.5) is 10.1 Å². The minimum atomic E-state index is -0.230. The highest BCUT2D eigenvalue weighted by Crippen LogP contribution is 2.23. The van der Waals surface area contributed by atoms with E-state index in [2.05, 4.69) is 15.5 Å². The fraction of sp³-hybridized carbons (Fsp3) is 0.286. The molecule has 0 saturated heterocycles. The van der Waals surface area contributed by atoms with E-state index in [1.807, 2.05) is 29.7 Å². The number of nitrogens with one attached hydrogen (secondary N) is 1. The lowest BCUT2D eigenvalue weighted by Crippen LogP contribution is -2.14. The SMILES string of the molecule is CCn1c(CSCc2ccc(F)cc2)nnc1SCC(=O)Nc1cccc(OC)c1. The van der Waals surface area contributed by atoms with Crippen molar-refractivity contribution in [3.8, 4) is 5.75 Å². The average Bonchev–Trinajstić information content (AvgIpc) is 3.15. The van der Waals surface area contributed by atoms with E-state index in [4.69, 9.17) is 4.74 Å². The third-order valence-corrected chi connectivity index (χ3v) is 6.18. The molecular formula is C21H23FN4O2S2. The van der Waals surface area contributed by atoms with Crippen LogP contribution in [0.3, 0.4) is 0 Å². The van der Waals surface area contributed by atoms with Gasteiger partial charge in [-0.2, -0.15) is 0 Å². The van der Waals surface area contributed by atoms with Crippen LogP contribution in [-0.4, -0.2) is 33.5 Å². The molecule has 1 aromatic heterocycles. The number of hydrogen-bond donors (Lipinski definition) is 1. The van der Waals surface area contributed by atoms with E-state index in [0.717, 1.165) is 28.8 Å². The molecule has 6 nitrogen and oxygen atoms in total. The van der Waals surface area contributed by atoms with Gasteiger partial charge in [-0.1, -0.05) is 30.0 Å². The van der Waals surface area contributed by atoms with Crippen LogP contribution in [0, 0.1) is 5.82 Å². The van der Waals surface area contributed by atoms with Crippen LogP contribution in [0.25, 0.3) is 0 Å². The highest BCUT2D eigenvalue weighted by Gasteiger charge is 2.13. The Morgan fingerprint density at radius 3 is 2.70 bits per heavy atom. The molecule has 158 valence electrons. The van der Waals surface area contributed by atoms with Crippen molar-refractivity contribution >= 4 is 35.1 Å². The van der Waals surface area contributed by atoms with E-state index >= 15 is 0 Å². The number of thioether (sulfide) groups is 2. The molecule has 0 unspecified atom stereocenters. The number of benzene rings is 2. The zero-order valence-electron chi connectivity index (χ0n) is 16.8. The van der Waals surface area contributed by atoms with E-state index in [9.17, 15) is 9.18 Å². The number of rotatable bonds is 10. The van der Waals surface area contributed by atoms with Crippen molar-refractivity contribution in [2.75, 3.05) is 18.2 Å². The summed E-state index contributed by atoms with van der Waals surface area (Å²) in [5.41, 5.74) is 1.75. The van der Waals surface area contributed by atoms with Gasteiger partial charge < -0.3 is 14.6 Å². The van der Waals surface area contributed by atoms with Crippen LogP contribution in [0.2, 0.25) is 0 Å². The summed E-state index contributed by atoms with van der Waals surface area (Å²) in [6.07, 6.45) is 0. The summed E-state index contributed by atoms with van der Waals surface area (Å²) in [4.78, 5) is 12.3. The zero-order valence-corrected chi connectivity index (χ0v) is 18.4. The molecular weight excluding hydrogens is 423 g/mol. The Morgan fingerprint density at radius 1 is 1.17 bits per heavy atom. The van der Waals surface area contributed by atoms with Crippen molar-refractivity contribution < 1.29 is 13.9 Å². The third-order valence-electron chi connectivity index (χ3n) is 4.21. The highest BCUT2D eigenvalue weighted by atomic mass is 32.2. The van der Waals surface area contributed by atoms with E-state index in [1.54, 1.807) is 37.1 Å². The van der Waals surface area contributed by atoms with Crippen molar-refractivity contribution in [3.63, 3.8) is 0 Å². The first-order valence-electron chi connectivity index (χ1n) is 9.40. The van der Waals surface area contributed by atoms with Crippen molar-refractivity contribution in [1.82, 2.24) is 14.8 Å². The molecule has 0 aliphatic carbocycles. The fourth-order valence-electron chi connectivity index (χ4n) is 2.72. The lowest BCUT2D eigenvalue weighted by atomic mass is 10.2. The van der Waals surface area contributed by atoms with Gasteiger partial charge in [0.2, 0.25) is 5.91 Å². The summed E-state index contributed by atoms with van der Waals surface area (Å²) in [7, 11) is 1.59. The molecule has 30 heavy (non-hydrogen) atoms. The van der Waals surface area contributed by atoms with E-state index in [-0.39, 0.29) is 17.5 Å². The van der Waals surface area contributed by atoms with Gasteiger partial charge in [0.1, 0.15) is 17.4 Å². The fourth-order valence-corrected chi connectivity index (χ4v) is 4.47. The predicted octanol–water partition coefficient (Wildman–Crippen LogP) is 4.61. The van der Waals surface area contributed by atoms with Crippen LogP contribution < -0.4 is 10.1 Å². The number of anilines is 1. The van der Waals surface area contributed by atoms with Gasteiger partial charge in [-0.05, 0) is 36.8 Å². The van der Waals surface area contributed by atoms with Gasteiger partial charge in [-0.25, -0.2) is 4.39 Å². The molecule has 2 aromatic carbocycles. The minimum Gasteiger partial charge on any atom is -0.497 e. The first-order valence-corrected chi connectivity index (χ1v) is 11.5. The maximum absolute atomic E-state index is 13.0. The molecule has 0 saturated carbocycles. The van der Waals surface area contributed by atoms with Crippen LogP contribution >= 0.6 is 23.5 Å². The number of amides is 1. The summed E-state index contributed by atoms with van der Waals surface area (Å²) < 4.78 is 20.2. The van der Waals surface area contributed by atoms with E-state index < -0.39 is 0 Å². The molecule has 1 heterocycles. The molecule has 1 N–H and O–H groups in total. The third kappa shape index (κ3) is 6.24. The van der Waals surface area contributed by atoms with Crippen LogP contribution in [0.1, 0.15) is 18.3 Å². The Labute approximate surface area is 183 Å². The molecule has 3 rings (SSSR count). The number of nitrogens with zero attached hydrogens (tertiary/aromatic N) is 3. The lowest BCUT2D eigenvalue weighted by Gasteiger charge is -2.08. The lowest BCUT2D eigenvalue weighted by molar-refractivity contribution is -0.113. The topological polar surface area (TPSA) is 69.0 Å². The van der Waals surface area contributed by atoms with E-state index in [0.29, 0.717) is 17.2 Å².